The third-order valence-electron chi connectivity index (χ3n) is 6.80. The molecule has 0 aliphatic rings. The maximum absolute atomic E-state index is 15.0. The average molecular weight is 657 g/mol. The summed E-state index contributed by atoms with van der Waals surface area (Å²) < 4.78 is 43.8. The van der Waals surface area contributed by atoms with E-state index in [2.05, 4.69) is 5.32 Å². The molecule has 1 atom stereocenters. The second kappa shape index (κ2) is 14.7. The minimum absolute atomic E-state index is 0.0575. The normalized spacial score (nSPS) is 12.0. The van der Waals surface area contributed by atoms with E-state index >= 15 is 0 Å². The van der Waals surface area contributed by atoms with Crippen LogP contribution in [0.25, 0.3) is 0 Å². The van der Waals surface area contributed by atoms with Gasteiger partial charge in [-0.05, 0) is 55.8 Å². The number of rotatable bonds is 12. The Bertz CT molecular complexity index is 1710. The first kappa shape index (κ1) is 33.0. The van der Waals surface area contributed by atoms with Crippen molar-refractivity contribution in [1.82, 2.24) is 10.2 Å². The summed E-state index contributed by atoms with van der Waals surface area (Å²) >= 11 is 12.4. The molecule has 11 heteroatoms. The van der Waals surface area contributed by atoms with E-state index in [-0.39, 0.29) is 45.2 Å². The summed E-state index contributed by atoms with van der Waals surface area (Å²) in [6.07, 6.45) is 0.109. The van der Waals surface area contributed by atoms with Gasteiger partial charge in [0.2, 0.25) is 11.8 Å². The molecule has 0 saturated carbocycles. The van der Waals surface area contributed by atoms with E-state index in [0.717, 1.165) is 9.87 Å². The highest BCUT2D eigenvalue weighted by atomic mass is 35.5. The molecule has 2 amide bonds. The van der Waals surface area contributed by atoms with Crippen LogP contribution in [0.4, 0.5) is 10.1 Å². The number of carbonyl (C=O) groups excluding carboxylic acids is 2. The number of halogens is 3. The van der Waals surface area contributed by atoms with E-state index in [4.69, 9.17) is 23.2 Å². The third kappa shape index (κ3) is 8.16. The van der Waals surface area contributed by atoms with Crippen molar-refractivity contribution in [1.29, 1.82) is 0 Å². The van der Waals surface area contributed by atoms with Crippen molar-refractivity contribution in [3.05, 3.63) is 130 Å². The van der Waals surface area contributed by atoms with Gasteiger partial charge < -0.3 is 10.2 Å². The van der Waals surface area contributed by atoms with Crippen molar-refractivity contribution >= 4 is 50.7 Å². The number of benzene rings is 4. The van der Waals surface area contributed by atoms with Crippen LogP contribution in [0.1, 0.15) is 25.0 Å². The summed E-state index contributed by atoms with van der Waals surface area (Å²) in [6.45, 7) is 2.59. The lowest BCUT2D eigenvalue weighted by Gasteiger charge is -2.34. The lowest BCUT2D eigenvalue weighted by Crippen LogP contribution is -2.54. The highest BCUT2D eigenvalue weighted by Gasteiger charge is 2.35. The fourth-order valence-corrected chi connectivity index (χ4v) is 6.35. The molecule has 0 radical (unpaired) electrons. The van der Waals surface area contributed by atoms with Crippen molar-refractivity contribution in [2.75, 3.05) is 10.8 Å². The molecule has 4 aromatic carbocycles. The molecule has 0 aliphatic carbocycles. The molecule has 44 heavy (non-hydrogen) atoms. The van der Waals surface area contributed by atoms with Crippen LogP contribution >= 0.6 is 23.2 Å². The van der Waals surface area contributed by atoms with Gasteiger partial charge in [-0.2, -0.15) is 0 Å². The summed E-state index contributed by atoms with van der Waals surface area (Å²) in [6, 6.07) is 25.6. The molecule has 0 unspecified atom stereocenters. The van der Waals surface area contributed by atoms with E-state index in [0.29, 0.717) is 0 Å². The predicted octanol–water partition coefficient (Wildman–Crippen LogP) is 6.49. The Balaban J connectivity index is 1.82. The highest BCUT2D eigenvalue weighted by molar-refractivity contribution is 7.92. The fraction of sp³-hybridized carbons (Fsp3) is 0.212. The molecule has 0 fully saturated rings. The second-order valence-electron chi connectivity index (χ2n) is 10.4. The summed E-state index contributed by atoms with van der Waals surface area (Å²) in [7, 11) is -4.31. The third-order valence-corrected chi connectivity index (χ3v) is 9.33. The zero-order valence-electron chi connectivity index (χ0n) is 24.2. The number of amides is 2. The molecule has 7 nitrogen and oxygen atoms in total. The first-order chi connectivity index (χ1) is 21.0. The molecule has 1 N–H and O–H groups in total. The highest BCUT2D eigenvalue weighted by Crippen LogP contribution is 2.31. The number of nitrogens with one attached hydrogen (secondary N) is 1. The van der Waals surface area contributed by atoms with Gasteiger partial charge in [-0.1, -0.05) is 89.9 Å². The van der Waals surface area contributed by atoms with Crippen LogP contribution in [0.2, 0.25) is 10.0 Å². The number of hydrogen-bond acceptors (Lipinski definition) is 4. The van der Waals surface area contributed by atoms with E-state index in [9.17, 15) is 22.4 Å². The molecule has 230 valence electrons. The van der Waals surface area contributed by atoms with E-state index < -0.39 is 40.2 Å². The molecule has 0 aliphatic heterocycles. The van der Waals surface area contributed by atoms with Gasteiger partial charge >= 0.3 is 0 Å². The fourth-order valence-electron chi connectivity index (χ4n) is 4.63. The molecular formula is C33H32Cl2FN3O4S. The Hall–Kier alpha value is -3.92. The maximum atomic E-state index is 15.0. The van der Waals surface area contributed by atoms with Crippen molar-refractivity contribution in [3.63, 3.8) is 0 Å². The van der Waals surface area contributed by atoms with Gasteiger partial charge in [0.05, 0.1) is 20.6 Å². The topological polar surface area (TPSA) is 86.8 Å². The number of anilines is 1. The lowest BCUT2D eigenvalue weighted by molar-refractivity contribution is -0.140. The number of carbonyl (C=O) groups is 2. The Morgan fingerprint density at radius 3 is 2.07 bits per heavy atom. The van der Waals surface area contributed by atoms with E-state index in [1.54, 1.807) is 38.1 Å². The molecule has 4 rings (SSSR count). The van der Waals surface area contributed by atoms with Gasteiger partial charge in [-0.3, -0.25) is 13.9 Å². The smallest absolute Gasteiger partial charge is 0.264 e. The monoisotopic (exact) mass is 655 g/mol. The minimum Gasteiger partial charge on any atom is -0.352 e. The van der Waals surface area contributed by atoms with Crippen LogP contribution in [-0.4, -0.2) is 43.8 Å². The van der Waals surface area contributed by atoms with Crippen LogP contribution in [0.15, 0.2) is 108 Å². The predicted molar refractivity (Wildman–Crippen MR) is 172 cm³/mol. The van der Waals surface area contributed by atoms with E-state index in [1.165, 1.54) is 53.4 Å². The average Bonchev–Trinajstić information content (AvgIpc) is 3.00. The van der Waals surface area contributed by atoms with Gasteiger partial charge in [0, 0.05) is 24.6 Å². The summed E-state index contributed by atoms with van der Waals surface area (Å²) in [5.74, 6) is -1.74. The van der Waals surface area contributed by atoms with Gasteiger partial charge in [-0.15, -0.1) is 0 Å². The first-order valence-corrected chi connectivity index (χ1v) is 16.1. The quantitative estimate of drug-likeness (QED) is 0.189. The van der Waals surface area contributed by atoms with Gasteiger partial charge in [0.1, 0.15) is 18.4 Å². The largest absolute Gasteiger partial charge is 0.352 e. The van der Waals surface area contributed by atoms with Crippen LogP contribution in [-0.2, 0) is 32.6 Å². The summed E-state index contributed by atoms with van der Waals surface area (Å²) in [5.41, 5.74) is 1.03. The van der Waals surface area contributed by atoms with Crippen LogP contribution in [0, 0.1) is 5.82 Å². The van der Waals surface area contributed by atoms with Crippen molar-refractivity contribution in [2.24, 2.45) is 0 Å². The van der Waals surface area contributed by atoms with E-state index in [1.807, 2.05) is 30.3 Å². The number of sulfonamides is 1. The van der Waals surface area contributed by atoms with Crippen LogP contribution < -0.4 is 9.62 Å². The molecule has 0 spiro atoms. The zero-order valence-corrected chi connectivity index (χ0v) is 26.5. The Morgan fingerprint density at radius 1 is 0.841 bits per heavy atom. The molecule has 0 saturated heterocycles. The first-order valence-electron chi connectivity index (χ1n) is 13.9. The zero-order chi connectivity index (χ0) is 31.9. The molecule has 4 aromatic rings. The lowest BCUT2D eigenvalue weighted by atomic mass is 10.0. The maximum Gasteiger partial charge on any atom is 0.264 e. The molecular weight excluding hydrogens is 624 g/mol. The van der Waals surface area contributed by atoms with Gasteiger partial charge in [0.25, 0.3) is 10.0 Å². The summed E-state index contributed by atoms with van der Waals surface area (Å²) in [5, 5.41) is 3.15. The second-order valence-corrected chi connectivity index (χ2v) is 13.1. The SMILES string of the molecule is CC(C)NC(=O)[C@@H](Cc1ccccc1)N(Cc1ccccc1F)C(=O)CN(c1ccc(Cl)c(Cl)c1)S(=O)(=O)c1ccccc1. The standard InChI is InChI=1S/C33H32Cl2FN3O4S/c1-23(2)37-33(41)31(19-24-11-5-3-6-12-24)38(21-25-13-9-10-16-30(25)36)32(40)22-39(26-17-18-28(34)29(35)20-26)44(42,43)27-14-7-4-8-15-27/h3-18,20,23,31H,19,21-22H2,1-2H3,(H,37,41)/t31-/m1/s1. The molecule has 0 aromatic heterocycles. The van der Waals surface area contributed by atoms with Gasteiger partial charge in [0.15, 0.2) is 0 Å². The van der Waals surface area contributed by atoms with Crippen LogP contribution in [0.3, 0.4) is 0 Å². The molecule has 0 bridgehead atoms. The van der Waals surface area contributed by atoms with Gasteiger partial charge in [-0.25, -0.2) is 12.8 Å². The van der Waals surface area contributed by atoms with Crippen molar-refractivity contribution in [3.8, 4) is 0 Å². The van der Waals surface area contributed by atoms with Crippen LogP contribution in [0.5, 0.6) is 0 Å². The Kier molecular flexibility index (Phi) is 11.0. The molecule has 0 heterocycles. The Labute approximate surface area is 267 Å². The summed E-state index contributed by atoms with van der Waals surface area (Å²) in [4.78, 5) is 29.2. The number of hydrogen-bond donors (Lipinski definition) is 1. The Morgan fingerprint density at radius 2 is 1.45 bits per heavy atom. The number of nitrogens with zero attached hydrogens (tertiary/aromatic N) is 2. The van der Waals surface area contributed by atoms with Crippen molar-refractivity contribution < 1.29 is 22.4 Å². The minimum atomic E-state index is -4.31. The van der Waals surface area contributed by atoms with Crippen molar-refractivity contribution in [2.45, 2.75) is 43.8 Å².